The maximum Gasteiger partial charge on any atom is 0.251 e. The summed E-state index contributed by atoms with van der Waals surface area (Å²) in [5, 5.41) is 2.94. The molecule has 0 bridgehead atoms. The zero-order chi connectivity index (χ0) is 12.8. The van der Waals surface area contributed by atoms with Crippen LogP contribution < -0.4 is 11.1 Å². The van der Waals surface area contributed by atoms with E-state index in [9.17, 15) is 4.79 Å². The van der Waals surface area contributed by atoms with Gasteiger partial charge in [-0.2, -0.15) is 0 Å². The van der Waals surface area contributed by atoms with Gasteiger partial charge in [0.25, 0.3) is 5.91 Å². The molecule has 0 radical (unpaired) electrons. The fraction of sp³-hybridized carbons (Fsp3) is 0.357. The van der Waals surface area contributed by atoms with Crippen LogP contribution in [-0.2, 0) is 4.74 Å². The Bertz CT molecular complexity index is 465. The molecule has 3 N–H and O–H groups in total. The summed E-state index contributed by atoms with van der Waals surface area (Å²) >= 11 is 0. The van der Waals surface area contributed by atoms with Crippen molar-refractivity contribution < 1.29 is 9.53 Å². The van der Waals surface area contributed by atoms with Gasteiger partial charge >= 0.3 is 0 Å². The van der Waals surface area contributed by atoms with Crippen LogP contribution >= 0.6 is 0 Å². The quantitative estimate of drug-likeness (QED) is 0.745. The molecule has 1 aromatic rings. The largest absolute Gasteiger partial charge is 0.379 e. The van der Waals surface area contributed by atoms with Gasteiger partial charge in [0.05, 0.1) is 19.2 Å². The zero-order valence-electron chi connectivity index (χ0n) is 10.1. The topological polar surface area (TPSA) is 64.4 Å². The Morgan fingerprint density at radius 1 is 1.44 bits per heavy atom. The molecule has 4 heteroatoms. The van der Waals surface area contributed by atoms with Crippen LogP contribution in [0, 0.1) is 11.8 Å². The molecule has 0 aliphatic carbocycles. The van der Waals surface area contributed by atoms with Gasteiger partial charge in [0.2, 0.25) is 0 Å². The minimum absolute atomic E-state index is 0.0659. The van der Waals surface area contributed by atoms with Crippen LogP contribution in [0.4, 0.5) is 0 Å². The summed E-state index contributed by atoms with van der Waals surface area (Å²) in [6.45, 7) is 1.66. The van der Waals surface area contributed by atoms with Crippen LogP contribution in [0.3, 0.4) is 0 Å². The molecule has 0 aromatic heterocycles. The number of hydrogen-bond acceptors (Lipinski definition) is 3. The van der Waals surface area contributed by atoms with Gasteiger partial charge in [0.1, 0.15) is 0 Å². The third-order valence-electron chi connectivity index (χ3n) is 2.75. The van der Waals surface area contributed by atoms with E-state index in [2.05, 4.69) is 17.2 Å². The molecular formula is C14H16N2O2. The standard InChI is InChI=1S/C14H16N2O2/c15-8-1-2-11-3-5-12(6-4-11)14(17)16-13-7-9-18-10-13/h3-6,13H,7-10,15H2,(H,16,17). The van der Waals surface area contributed by atoms with Gasteiger partial charge in [-0.25, -0.2) is 0 Å². The molecule has 94 valence electrons. The number of hydrogen-bond donors (Lipinski definition) is 2. The number of ether oxygens (including phenoxy) is 1. The lowest BCUT2D eigenvalue weighted by Gasteiger charge is -2.10. The minimum atomic E-state index is -0.0659. The lowest BCUT2D eigenvalue weighted by Crippen LogP contribution is -2.34. The molecule has 1 saturated heterocycles. The lowest BCUT2D eigenvalue weighted by atomic mass is 10.1. The third-order valence-corrected chi connectivity index (χ3v) is 2.75. The summed E-state index contributed by atoms with van der Waals surface area (Å²) in [6.07, 6.45) is 0.881. The van der Waals surface area contributed by atoms with Crippen molar-refractivity contribution in [2.45, 2.75) is 12.5 Å². The van der Waals surface area contributed by atoms with Crippen LogP contribution in [0.15, 0.2) is 24.3 Å². The van der Waals surface area contributed by atoms with Crippen LogP contribution in [0.2, 0.25) is 0 Å². The fourth-order valence-electron chi connectivity index (χ4n) is 1.78. The van der Waals surface area contributed by atoms with Crippen LogP contribution in [-0.4, -0.2) is 31.7 Å². The van der Waals surface area contributed by atoms with E-state index in [4.69, 9.17) is 10.5 Å². The summed E-state index contributed by atoms with van der Waals surface area (Å²) in [4.78, 5) is 11.9. The number of rotatable bonds is 2. The second-order valence-corrected chi connectivity index (χ2v) is 4.12. The average Bonchev–Trinajstić information content (AvgIpc) is 2.89. The van der Waals surface area contributed by atoms with Crippen molar-refractivity contribution in [1.29, 1.82) is 0 Å². The Morgan fingerprint density at radius 2 is 2.22 bits per heavy atom. The molecule has 1 aliphatic rings. The van der Waals surface area contributed by atoms with Gasteiger partial charge in [0.15, 0.2) is 0 Å². The van der Waals surface area contributed by atoms with Crippen molar-refractivity contribution in [1.82, 2.24) is 5.32 Å². The molecule has 4 nitrogen and oxygen atoms in total. The van der Waals surface area contributed by atoms with Crippen molar-refractivity contribution in [3.63, 3.8) is 0 Å². The van der Waals surface area contributed by atoms with E-state index in [1.165, 1.54) is 0 Å². The molecule has 1 aromatic carbocycles. The maximum absolute atomic E-state index is 11.9. The Hall–Kier alpha value is -1.83. The molecule has 0 saturated carbocycles. The average molecular weight is 244 g/mol. The molecule has 1 fully saturated rings. The van der Waals surface area contributed by atoms with Crippen molar-refractivity contribution in [3.05, 3.63) is 35.4 Å². The highest BCUT2D eigenvalue weighted by Crippen LogP contribution is 2.07. The molecule has 2 rings (SSSR count). The first kappa shape index (κ1) is 12.6. The number of amides is 1. The molecule has 18 heavy (non-hydrogen) atoms. The predicted octanol–water partition coefficient (Wildman–Crippen LogP) is 0.515. The summed E-state index contributed by atoms with van der Waals surface area (Å²) in [5.74, 6) is 5.62. The SMILES string of the molecule is NCC#Cc1ccc(C(=O)NC2CCOC2)cc1. The predicted molar refractivity (Wildman–Crippen MR) is 69.1 cm³/mol. The van der Waals surface area contributed by atoms with Crippen molar-refractivity contribution in [2.24, 2.45) is 5.73 Å². The van der Waals surface area contributed by atoms with Gasteiger partial charge in [-0.3, -0.25) is 4.79 Å². The minimum Gasteiger partial charge on any atom is -0.379 e. The van der Waals surface area contributed by atoms with E-state index >= 15 is 0 Å². The number of nitrogens with two attached hydrogens (primary N) is 1. The summed E-state index contributed by atoms with van der Waals surface area (Å²) in [5.41, 5.74) is 6.80. The summed E-state index contributed by atoms with van der Waals surface area (Å²) < 4.78 is 5.21. The second-order valence-electron chi connectivity index (χ2n) is 4.12. The Labute approximate surface area is 107 Å². The molecule has 1 amide bonds. The molecule has 1 atom stereocenters. The molecule has 1 heterocycles. The van der Waals surface area contributed by atoms with E-state index in [0.29, 0.717) is 18.7 Å². The van der Waals surface area contributed by atoms with Gasteiger partial charge < -0.3 is 15.8 Å². The van der Waals surface area contributed by atoms with Gasteiger partial charge in [-0.1, -0.05) is 11.8 Å². The fourth-order valence-corrected chi connectivity index (χ4v) is 1.78. The van der Waals surface area contributed by atoms with E-state index in [-0.39, 0.29) is 11.9 Å². The molecule has 1 aliphatic heterocycles. The van der Waals surface area contributed by atoms with Gasteiger partial charge in [-0.15, -0.1) is 0 Å². The van der Waals surface area contributed by atoms with E-state index in [0.717, 1.165) is 18.6 Å². The second kappa shape index (κ2) is 6.20. The van der Waals surface area contributed by atoms with Crippen molar-refractivity contribution in [3.8, 4) is 11.8 Å². The Kier molecular flexibility index (Phi) is 4.35. The summed E-state index contributed by atoms with van der Waals surface area (Å²) in [6, 6.07) is 7.32. The van der Waals surface area contributed by atoms with Crippen LogP contribution in [0.5, 0.6) is 0 Å². The normalized spacial score (nSPS) is 17.9. The number of carbonyl (C=O) groups is 1. The Morgan fingerprint density at radius 3 is 2.83 bits per heavy atom. The van der Waals surface area contributed by atoms with Crippen LogP contribution in [0.25, 0.3) is 0 Å². The highest BCUT2D eigenvalue weighted by molar-refractivity contribution is 5.94. The van der Waals surface area contributed by atoms with Gasteiger partial charge in [-0.05, 0) is 30.7 Å². The number of nitrogens with one attached hydrogen (secondary N) is 1. The van der Waals surface area contributed by atoms with Crippen molar-refractivity contribution in [2.75, 3.05) is 19.8 Å². The van der Waals surface area contributed by atoms with E-state index in [1.54, 1.807) is 12.1 Å². The smallest absolute Gasteiger partial charge is 0.251 e. The van der Waals surface area contributed by atoms with Crippen molar-refractivity contribution >= 4 is 5.91 Å². The first-order chi connectivity index (χ1) is 8.79. The highest BCUT2D eigenvalue weighted by Gasteiger charge is 2.18. The van der Waals surface area contributed by atoms with Gasteiger partial charge in [0, 0.05) is 17.7 Å². The third kappa shape index (κ3) is 3.33. The van der Waals surface area contributed by atoms with Crippen LogP contribution in [0.1, 0.15) is 22.3 Å². The van der Waals surface area contributed by atoms with E-state index in [1.807, 2.05) is 12.1 Å². The van der Waals surface area contributed by atoms with E-state index < -0.39 is 0 Å². The maximum atomic E-state index is 11.9. The molecular weight excluding hydrogens is 228 g/mol. The number of carbonyl (C=O) groups excluding carboxylic acids is 1. The Balaban J connectivity index is 1.97. The highest BCUT2D eigenvalue weighted by atomic mass is 16.5. The number of benzene rings is 1. The first-order valence-electron chi connectivity index (χ1n) is 5.97. The molecule has 0 spiro atoms. The monoisotopic (exact) mass is 244 g/mol. The lowest BCUT2D eigenvalue weighted by molar-refractivity contribution is 0.0930. The summed E-state index contributed by atoms with van der Waals surface area (Å²) in [7, 11) is 0. The first-order valence-corrected chi connectivity index (χ1v) is 5.97. The zero-order valence-corrected chi connectivity index (χ0v) is 10.1. The molecule has 1 unspecified atom stereocenters.